The Labute approximate surface area is 210 Å². The van der Waals surface area contributed by atoms with Crippen molar-refractivity contribution in [2.45, 2.75) is 12.5 Å². The smallest absolute Gasteiger partial charge is 0.495 e. The second-order valence-corrected chi connectivity index (χ2v) is 7.23. The standard InChI is InChI=1S/C23H17F6N3O6/c1-35-17-9-12(38-23(27,28)29)4-7-15(17)37-16-8-5-13(22(24,25)26)19(36-2)18(16)21(34)32-11-3-6-14(20(30)33)31-10-11/h3-10H,1-2H3,(H2,30,33)(H,32,34). The molecule has 3 N–H and O–H groups in total. The number of rotatable bonds is 8. The summed E-state index contributed by atoms with van der Waals surface area (Å²) in [5.74, 6) is -4.54. The van der Waals surface area contributed by atoms with Gasteiger partial charge < -0.3 is 30.0 Å². The van der Waals surface area contributed by atoms with Gasteiger partial charge >= 0.3 is 12.5 Å². The molecule has 0 bridgehead atoms. The Balaban J connectivity index is 2.07. The number of primary amides is 1. The topological polar surface area (TPSA) is 122 Å². The highest BCUT2D eigenvalue weighted by molar-refractivity contribution is 6.08. The number of amides is 2. The molecule has 1 heterocycles. The Morgan fingerprint density at radius 1 is 0.895 bits per heavy atom. The van der Waals surface area contributed by atoms with Crippen molar-refractivity contribution in [3.8, 4) is 28.7 Å². The monoisotopic (exact) mass is 545 g/mol. The van der Waals surface area contributed by atoms with E-state index in [4.69, 9.17) is 19.9 Å². The van der Waals surface area contributed by atoms with E-state index in [-0.39, 0.29) is 22.9 Å². The van der Waals surface area contributed by atoms with Crippen LogP contribution in [0.1, 0.15) is 26.4 Å². The van der Waals surface area contributed by atoms with Crippen molar-refractivity contribution in [3.05, 3.63) is 65.5 Å². The fourth-order valence-electron chi connectivity index (χ4n) is 3.15. The summed E-state index contributed by atoms with van der Waals surface area (Å²) in [7, 11) is 2.00. The van der Waals surface area contributed by atoms with E-state index in [1.807, 2.05) is 0 Å². The Hall–Kier alpha value is -4.69. The van der Waals surface area contributed by atoms with Crippen LogP contribution in [-0.4, -0.2) is 37.4 Å². The molecule has 0 aliphatic carbocycles. The molecule has 3 rings (SSSR count). The molecule has 0 unspecified atom stereocenters. The Bertz CT molecular complexity index is 1340. The highest BCUT2D eigenvalue weighted by atomic mass is 19.4. The summed E-state index contributed by atoms with van der Waals surface area (Å²) in [4.78, 5) is 28.1. The van der Waals surface area contributed by atoms with E-state index in [9.17, 15) is 35.9 Å². The summed E-state index contributed by atoms with van der Waals surface area (Å²) in [6.07, 6.45) is -8.89. The second kappa shape index (κ2) is 10.7. The van der Waals surface area contributed by atoms with Crippen LogP contribution in [-0.2, 0) is 6.18 Å². The van der Waals surface area contributed by atoms with Crippen molar-refractivity contribution in [3.63, 3.8) is 0 Å². The number of aromatic nitrogens is 1. The van der Waals surface area contributed by atoms with Crippen LogP contribution in [0.2, 0.25) is 0 Å². The third kappa shape index (κ3) is 6.54. The highest BCUT2D eigenvalue weighted by Crippen LogP contribution is 2.44. The molecule has 3 aromatic rings. The zero-order chi connectivity index (χ0) is 28.3. The van der Waals surface area contributed by atoms with Crippen LogP contribution in [0.5, 0.6) is 28.7 Å². The number of methoxy groups -OCH3 is 2. The molecule has 0 aliphatic rings. The summed E-state index contributed by atoms with van der Waals surface area (Å²) >= 11 is 0. The summed E-state index contributed by atoms with van der Waals surface area (Å²) < 4.78 is 97.9. The van der Waals surface area contributed by atoms with Crippen LogP contribution >= 0.6 is 0 Å². The fourth-order valence-corrected chi connectivity index (χ4v) is 3.15. The van der Waals surface area contributed by atoms with Gasteiger partial charge in [-0.25, -0.2) is 4.98 Å². The number of carbonyl (C=O) groups is 2. The maximum atomic E-state index is 13.7. The highest BCUT2D eigenvalue weighted by Gasteiger charge is 2.38. The molecule has 0 radical (unpaired) electrons. The van der Waals surface area contributed by atoms with Crippen LogP contribution in [0.4, 0.5) is 32.0 Å². The molecule has 9 nitrogen and oxygen atoms in total. The van der Waals surface area contributed by atoms with E-state index in [1.54, 1.807) is 0 Å². The van der Waals surface area contributed by atoms with Crippen LogP contribution in [0, 0.1) is 0 Å². The Morgan fingerprint density at radius 2 is 1.58 bits per heavy atom. The van der Waals surface area contributed by atoms with Crippen molar-refractivity contribution in [2.24, 2.45) is 5.73 Å². The average Bonchev–Trinajstić information content (AvgIpc) is 2.83. The van der Waals surface area contributed by atoms with Gasteiger partial charge in [-0.1, -0.05) is 0 Å². The number of alkyl halides is 6. The zero-order valence-corrected chi connectivity index (χ0v) is 19.4. The number of anilines is 1. The van der Waals surface area contributed by atoms with Crippen LogP contribution in [0.25, 0.3) is 0 Å². The van der Waals surface area contributed by atoms with Gasteiger partial charge in [0.2, 0.25) is 0 Å². The van der Waals surface area contributed by atoms with Crippen molar-refractivity contribution in [1.82, 2.24) is 4.98 Å². The summed E-state index contributed by atoms with van der Waals surface area (Å²) in [5.41, 5.74) is 2.94. The molecule has 0 fully saturated rings. The van der Waals surface area contributed by atoms with E-state index in [1.165, 1.54) is 12.1 Å². The Kier molecular flexibility index (Phi) is 7.88. The molecule has 0 aliphatic heterocycles. The first-order valence-corrected chi connectivity index (χ1v) is 10.2. The molecule has 0 spiro atoms. The van der Waals surface area contributed by atoms with Crippen molar-refractivity contribution in [1.29, 1.82) is 0 Å². The lowest BCUT2D eigenvalue weighted by Gasteiger charge is -2.20. The number of hydrogen-bond donors (Lipinski definition) is 2. The minimum absolute atomic E-state index is 0.0170. The van der Waals surface area contributed by atoms with Gasteiger partial charge in [0.1, 0.15) is 28.5 Å². The lowest BCUT2D eigenvalue weighted by molar-refractivity contribution is -0.274. The Morgan fingerprint density at radius 3 is 2.11 bits per heavy atom. The summed E-state index contributed by atoms with van der Waals surface area (Å²) in [6, 6.07) is 6.53. The third-order valence-corrected chi connectivity index (χ3v) is 4.72. The van der Waals surface area contributed by atoms with Gasteiger partial charge in [0, 0.05) is 6.07 Å². The maximum absolute atomic E-state index is 13.7. The van der Waals surface area contributed by atoms with E-state index in [0.29, 0.717) is 6.07 Å². The fraction of sp³-hybridized carbons (Fsp3) is 0.174. The molecule has 38 heavy (non-hydrogen) atoms. The van der Waals surface area contributed by atoms with E-state index in [0.717, 1.165) is 44.7 Å². The number of pyridine rings is 1. The van der Waals surface area contributed by atoms with Crippen LogP contribution in [0.15, 0.2) is 48.7 Å². The molecule has 2 amide bonds. The van der Waals surface area contributed by atoms with Crippen molar-refractivity contribution in [2.75, 3.05) is 19.5 Å². The molecule has 202 valence electrons. The first-order chi connectivity index (χ1) is 17.7. The molecular weight excluding hydrogens is 528 g/mol. The predicted molar refractivity (Wildman–Crippen MR) is 118 cm³/mol. The average molecular weight is 545 g/mol. The van der Waals surface area contributed by atoms with Crippen molar-refractivity contribution < 1.29 is 54.9 Å². The number of benzene rings is 2. The molecule has 15 heteroatoms. The minimum atomic E-state index is -5.00. The van der Waals surface area contributed by atoms with Gasteiger partial charge in [0.05, 0.1) is 31.7 Å². The molecule has 0 saturated carbocycles. The molecule has 2 aromatic carbocycles. The number of hydrogen-bond acceptors (Lipinski definition) is 7. The van der Waals surface area contributed by atoms with Crippen LogP contribution < -0.4 is 30.0 Å². The normalized spacial score (nSPS) is 11.5. The van der Waals surface area contributed by atoms with Gasteiger partial charge in [-0.2, -0.15) is 13.2 Å². The molecule has 0 atom stereocenters. The number of carbonyl (C=O) groups excluding carboxylic acids is 2. The number of nitrogens with one attached hydrogen (secondary N) is 1. The van der Waals surface area contributed by atoms with E-state index >= 15 is 0 Å². The first-order valence-electron chi connectivity index (χ1n) is 10.2. The largest absolute Gasteiger partial charge is 0.573 e. The van der Waals surface area contributed by atoms with Gasteiger partial charge in [0.25, 0.3) is 11.8 Å². The van der Waals surface area contributed by atoms with Gasteiger partial charge in [0.15, 0.2) is 11.5 Å². The summed E-state index contributed by atoms with van der Waals surface area (Å²) in [6.45, 7) is 0. The predicted octanol–water partition coefficient (Wildman–Crippen LogP) is 5.16. The first kappa shape index (κ1) is 27.9. The SMILES string of the molecule is COc1cc(OC(F)(F)F)ccc1Oc1ccc(C(F)(F)F)c(OC)c1C(=O)Nc1ccc(C(N)=O)nc1. The van der Waals surface area contributed by atoms with Crippen LogP contribution in [0.3, 0.4) is 0 Å². The van der Waals surface area contributed by atoms with Gasteiger partial charge in [-0.3, -0.25) is 9.59 Å². The minimum Gasteiger partial charge on any atom is -0.495 e. The maximum Gasteiger partial charge on any atom is 0.573 e. The van der Waals surface area contributed by atoms with Gasteiger partial charge in [-0.15, -0.1) is 13.2 Å². The quantitative estimate of drug-likeness (QED) is 0.375. The number of halogens is 6. The van der Waals surface area contributed by atoms with E-state index < -0.39 is 52.7 Å². The number of nitrogens with two attached hydrogens (primary N) is 1. The van der Waals surface area contributed by atoms with Gasteiger partial charge in [-0.05, 0) is 36.4 Å². The lowest BCUT2D eigenvalue weighted by Crippen LogP contribution is -2.18. The third-order valence-electron chi connectivity index (χ3n) is 4.72. The number of ether oxygens (including phenoxy) is 4. The van der Waals surface area contributed by atoms with E-state index in [2.05, 4.69) is 15.0 Å². The molecule has 0 saturated heterocycles. The van der Waals surface area contributed by atoms with Crippen molar-refractivity contribution >= 4 is 17.5 Å². The summed E-state index contributed by atoms with van der Waals surface area (Å²) in [5, 5.41) is 2.31. The molecule has 1 aromatic heterocycles. The number of nitrogens with zero attached hydrogens (tertiary/aromatic N) is 1. The molecular formula is C23H17F6N3O6. The second-order valence-electron chi connectivity index (χ2n) is 7.23. The lowest BCUT2D eigenvalue weighted by atomic mass is 10.1. The zero-order valence-electron chi connectivity index (χ0n) is 19.4.